The first kappa shape index (κ1) is 17.5. The van der Waals surface area contributed by atoms with Crippen LogP contribution in [0.5, 0.6) is 5.75 Å². The molecule has 0 aliphatic rings. The van der Waals surface area contributed by atoms with Crippen molar-refractivity contribution in [2.45, 2.75) is 12.5 Å². The van der Waals surface area contributed by atoms with Crippen LogP contribution >= 0.6 is 0 Å². The molecule has 0 bridgehead atoms. The van der Waals surface area contributed by atoms with Gasteiger partial charge < -0.3 is 9.30 Å². The van der Waals surface area contributed by atoms with E-state index in [4.69, 9.17) is 0 Å². The van der Waals surface area contributed by atoms with Gasteiger partial charge in [-0.1, -0.05) is 6.07 Å². The lowest BCUT2D eigenvalue weighted by Crippen LogP contribution is -2.33. The minimum atomic E-state index is -4.64. The first-order valence-electron chi connectivity index (χ1n) is 6.69. The van der Waals surface area contributed by atoms with Gasteiger partial charge in [0.05, 0.1) is 11.9 Å². The number of hydrazone groups is 1. The maximum atomic E-state index is 12.9. The van der Waals surface area contributed by atoms with Crippen LogP contribution in [0.2, 0.25) is 0 Å². The van der Waals surface area contributed by atoms with Crippen LogP contribution in [-0.2, 0) is 7.05 Å². The van der Waals surface area contributed by atoms with Gasteiger partial charge in [0, 0.05) is 18.8 Å². The molecule has 0 radical (unpaired) electrons. The number of rotatable bonds is 6. The Morgan fingerprint density at radius 1 is 1.33 bits per heavy atom. The van der Waals surface area contributed by atoms with Crippen molar-refractivity contribution in [3.63, 3.8) is 0 Å². The highest BCUT2D eigenvalue weighted by Crippen LogP contribution is 2.27. The molecule has 0 atom stereocenters. The summed E-state index contributed by atoms with van der Waals surface area (Å²) in [6.45, 7) is 0. The average Bonchev–Trinajstić information content (AvgIpc) is 2.92. The number of ether oxygens (including phenoxy) is 1. The second-order valence-electron chi connectivity index (χ2n) is 4.74. The molecule has 24 heavy (non-hydrogen) atoms. The number of alkyl halides is 4. The normalized spacial score (nSPS) is 11.9. The highest BCUT2D eigenvalue weighted by Gasteiger charge is 2.44. The van der Waals surface area contributed by atoms with Crippen LogP contribution in [-0.4, -0.2) is 29.2 Å². The summed E-state index contributed by atoms with van der Waals surface area (Å²) in [7, 11) is 1.78. The van der Waals surface area contributed by atoms with Gasteiger partial charge >= 0.3 is 12.5 Å². The molecule has 1 N–H and O–H groups in total. The van der Waals surface area contributed by atoms with Crippen LogP contribution in [0.1, 0.15) is 16.1 Å². The summed E-state index contributed by atoms with van der Waals surface area (Å²) in [5.74, 6) is -1.26. The van der Waals surface area contributed by atoms with Gasteiger partial charge in [-0.15, -0.1) is 0 Å². The molecule has 0 saturated carbocycles. The second kappa shape index (κ2) is 7.16. The van der Waals surface area contributed by atoms with Gasteiger partial charge in [0.25, 0.3) is 5.91 Å². The summed E-state index contributed by atoms with van der Waals surface area (Å²) in [5, 5.41) is 3.73. The summed E-state index contributed by atoms with van der Waals surface area (Å²) in [4.78, 5) is 11.9. The fourth-order valence-corrected chi connectivity index (χ4v) is 1.73. The van der Waals surface area contributed by atoms with Crippen molar-refractivity contribution in [2.24, 2.45) is 12.1 Å². The lowest BCUT2D eigenvalue weighted by atomic mass is 10.2. The molecule has 0 fully saturated rings. The molecule has 1 heterocycles. The Kier molecular flexibility index (Phi) is 5.22. The number of nitrogens with one attached hydrogen (secondary N) is 1. The van der Waals surface area contributed by atoms with Crippen LogP contribution in [0.3, 0.4) is 0 Å². The number of hydrogen-bond acceptors (Lipinski definition) is 3. The number of hydrogen-bond donors (Lipinski definition) is 1. The zero-order chi connectivity index (χ0) is 17.7. The predicted octanol–water partition coefficient (Wildman–Crippen LogP) is 3.03. The molecule has 0 aliphatic heterocycles. The highest BCUT2D eigenvalue weighted by atomic mass is 19.3. The predicted molar refractivity (Wildman–Crippen MR) is 78.5 cm³/mol. The third kappa shape index (κ3) is 4.34. The van der Waals surface area contributed by atoms with E-state index in [2.05, 4.69) is 15.3 Å². The Labute approximate surface area is 134 Å². The molecular weight excluding hydrogens is 330 g/mol. The van der Waals surface area contributed by atoms with Crippen molar-refractivity contribution in [1.29, 1.82) is 0 Å². The van der Waals surface area contributed by atoms with Crippen LogP contribution in [0.15, 0.2) is 47.7 Å². The van der Waals surface area contributed by atoms with E-state index in [1.54, 1.807) is 29.9 Å². The maximum absolute atomic E-state index is 12.9. The largest absolute Gasteiger partial charge is 0.461 e. The number of benzene rings is 1. The van der Waals surface area contributed by atoms with E-state index in [-0.39, 0.29) is 5.56 Å². The Morgan fingerprint density at radius 2 is 2.08 bits per heavy atom. The van der Waals surface area contributed by atoms with Crippen molar-refractivity contribution >= 4 is 12.1 Å². The number of amides is 1. The number of aromatic nitrogens is 1. The van der Waals surface area contributed by atoms with Gasteiger partial charge in [-0.05, 0) is 30.3 Å². The van der Waals surface area contributed by atoms with E-state index in [1.807, 2.05) is 0 Å². The second-order valence-corrected chi connectivity index (χ2v) is 4.74. The first-order valence-corrected chi connectivity index (χ1v) is 6.69. The first-order chi connectivity index (χ1) is 11.3. The fourth-order valence-electron chi connectivity index (χ4n) is 1.73. The third-order valence-electron chi connectivity index (χ3n) is 2.95. The van der Waals surface area contributed by atoms with Crippen LogP contribution < -0.4 is 10.2 Å². The molecule has 1 aromatic heterocycles. The summed E-state index contributed by atoms with van der Waals surface area (Å²) in [6.07, 6.45) is -5.44. The molecule has 5 nitrogen and oxygen atoms in total. The summed E-state index contributed by atoms with van der Waals surface area (Å²) in [6, 6.07) is 8.04. The Balaban J connectivity index is 2.04. The molecule has 0 saturated heterocycles. The van der Waals surface area contributed by atoms with Crippen LogP contribution in [0, 0.1) is 0 Å². The number of carbonyl (C=O) groups is 1. The molecule has 0 unspecified atom stereocenters. The summed E-state index contributed by atoms with van der Waals surface area (Å²) in [5.41, 5.74) is 2.86. The Hall–Kier alpha value is -2.84. The molecule has 2 aromatic rings. The molecular formula is C15H13F4N3O2. The SMILES string of the molecule is Cn1cccc1/C=N\NC(=O)c1cccc(OC(F)(F)C(F)F)c1. The zero-order valence-electron chi connectivity index (χ0n) is 12.4. The van der Waals surface area contributed by atoms with Crippen molar-refractivity contribution in [3.05, 3.63) is 53.9 Å². The molecule has 2 rings (SSSR count). The van der Waals surface area contributed by atoms with E-state index in [0.717, 1.165) is 17.8 Å². The van der Waals surface area contributed by atoms with Crippen molar-refractivity contribution in [3.8, 4) is 5.75 Å². The van der Waals surface area contributed by atoms with Gasteiger partial charge in [0.15, 0.2) is 0 Å². The quantitative estimate of drug-likeness (QED) is 0.498. The zero-order valence-corrected chi connectivity index (χ0v) is 12.4. The minimum Gasteiger partial charge on any atom is -0.428 e. The van der Waals surface area contributed by atoms with E-state index in [1.165, 1.54) is 18.3 Å². The lowest BCUT2D eigenvalue weighted by Gasteiger charge is -2.16. The van der Waals surface area contributed by atoms with Crippen molar-refractivity contribution in [1.82, 2.24) is 9.99 Å². The summed E-state index contributed by atoms with van der Waals surface area (Å²) >= 11 is 0. The third-order valence-corrected chi connectivity index (χ3v) is 2.95. The van der Waals surface area contributed by atoms with Gasteiger partial charge in [0.1, 0.15) is 5.75 Å². The molecule has 9 heteroatoms. The monoisotopic (exact) mass is 343 g/mol. The number of halogens is 4. The van der Waals surface area contributed by atoms with E-state index in [9.17, 15) is 22.4 Å². The average molecular weight is 343 g/mol. The lowest BCUT2D eigenvalue weighted by molar-refractivity contribution is -0.253. The molecule has 1 amide bonds. The van der Waals surface area contributed by atoms with Crippen LogP contribution in [0.4, 0.5) is 17.6 Å². The molecule has 0 spiro atoms. The highest BCUT2D eigenvalue weighted by molar-refractivity contribution is 5.95. The van der Waals surface area contributed by atoms with Gasteiger partial charge in [0.2, 0.25) is 0 Å². The molecule has 0 aliphatic carbocycles. The molecule has 128 valence electrons. The number of nitrogens with zero attached hydrogens (tertiary/aromatic N) is 2. The van der Waals surface area contributed by atoms with E-state index in [0.29, 0.717) is 0 Å². The molecule has 1 aromatic carbocycles. The van der Waals surface area contributed by atoms with Crippen LogP contribution in [0.25, 0.3) is 0 Å². The van der Waals surface area contributed by atoms with Gasteiger partial charge in [-0.3, -0.25) is 4.79 Å². The maximum Gasteiger partial charge on any atom is 0.461 e. The smallest absolute Gasteiger partial charge is 0.428 e. The topological polar surface area (TPSA) is 55.6 Å². The van der Waals surface area contributed by atoms with Crippen molar-refractivity contribution in [2.75, 3.05) is 0 Å². The summed E-state index contributed by atoms with van der Waals surface area (Å²) < 4.78 is 55.6. The minimum absolute atomic E-state index is 0.0680. The Morgan fingerprint density at radius 3 is 2.71 bits per heavy atom. The number of aryl methyl sites for hydroxylation is 1. The number of carbonyl (C=O) groups excluding carboxylic acids is 1. The van der Waals surface area contributed by atoms with Gasteiger partial charge in [-0.2, -0.15) is 22.7 Å². The Bertz CT molecular complexity index is 744. The fraction of sp³-hybridized carbons (Fsp3) is 0.200. The van der Waals surface area contributed by atoms with Gasteiger partial charge in [-0.25, -0.2) is 5.43 Å². The van der Waals surface area contributed by atoms with E-state index < -0.39 is 24.2 Å². The van der Waals surface area contributed by atoms with Crippen molar-refractivity contribution < 1.29 is 27.1 Å². The van der Waals surface area contributed by atoms with E-state index >= 15 is 0 Å². The standard InChI is InChI=1S/C15H13F4N3O2/c1-22-7-3-5-11(22)9-20-21-13(23)10-4-2-6-12(8-10)24-15(18,19)14(16)17/h2-9,14H,1H3,(H,21,23)/b20-9-.